The highest BCUT2D eigenvalue weighted by Crippen LogP contribution is 2.60. The average Bonchev–Trinajstić information content (AvgIpc) is 3.09. The van der Waals surface area contributed by atoms with Crippen LogP contribution in [0.15, 0.2) is 67.0 Å². The van der Waals surface area contributed by atoms with E-state index in [0.29, 0.717) is 0 Å². The Morgan fingerprint density at radius 3 is 2.42 bits per heavy atom. The van der Waals surface area contributed by atoms with Crippen LogP contribution >= 0.6 is 23.2 Å². The third-order valence-electron chi connectivity index (χ3n) is 8.01. The van der Waals surface area contributed by atoms with E-state index in [0.717, 1.165) is 46.0 Å². The molecule has 1 N–H and O–H groups in total. The third-order valence-corrected chi connectivity index (χ3v) is 8.59. The fourth-order valence-electron chi connectivity index (χ4n) is 6.45. The number of pyridine rings is 1. The van der Waals surface area contributed by atoms with E-state index in [1.807, 2.05) is 24.3 Å². The SMILES string of the molecule is CC[C@@]12CC[C@@H](c3ccc(-c4ccncc4)cc3Cl)[C@H](c3ccc(Cl)cc3)[C@@H]1[C@@H](C)NC2=O. The minimum Gasteiger partial charge on any atom is -0.353 e. The second-order valence-electron chi connectivity index (χ2n) is 9.49. The molecule has 3 nitrogen and oxygen atoms in total. The number of fused-ring (bicyclic) bond motifs is 1. The molecule has 1 aliphatic carbocycles. The molecule has 0 unspecified atom stereocenters. The Kier molecular flexibility index (Phi) is 5.96. The van der Waals surface area contributed by atoms with Gasteiger partial charge in [-0.15, -0.1) is 0 Å². The van der Waals surface area contributed by atoms with Gasteiger partial charge in [0.2, 0.25) is 5.91 Å². The van der Waals surface area contributed by atoms with Gasteiger partial charge in [-0.2, -0.15) is 0 Å². The second kappa shape index (κ2) is 8.77. The standard InChI is InChI=1S/C28H28Cl2N2O/c1-3-28-13-10-23(22-9-6-20(16-24(22)30)18-11-14-31-15-12-18)25(19-4-7-21(29)8-5-19)26(28)17(2)32-27(28)33/h4-9,11-12,14-17,23,25-26H,3,10,13H2,1-2H3,(H,32,33)/t17-,23+,25+,26+,28-/m1/s1. The molecule has 1 aromatic heterocycles. The zero-order valence-corrected chi connectivity index (χ0v) is 20.4. The first-order chi connectivity index (χ1) is 15.9. The summed E-state index contributed by atoms with van der Waals surface area (Å²) in [6, 6.07) is 18.7. The quantitative estimate of drug-likeness (QED) is 0.428. The van der Waals surface area contributed by atoms with Gasteiger partial charge < -0.3 is 5.32 Å². The van der Waals surface area contributed by atoms with Gasteiger partial charge in [-0.3, -0.25) is 9.78 Å². The molecule has 5 heteroatoms. The topological polar surface area (TPSA) is 42.0 Å². The number of hydrogen-bond donors (Lipinski definition) is 1. The maximum absolute atomic E-state index is 13.2. The van der Waals surface area contributed by atoms with Gasteiger partial charge in [0.15, 0.2) is 0 Å². The van der Waals surface area contributed by atoms with Crippen LogP contribution in [0.2, 0.25) is 10.0 Å². The number of benzene rings is 2. The number of carbonyl (C=O) groups excluding carboxylic acids is 1. The second-order valence-corrected chi connectivity index (χ2v) is 10.3. The largest absolute Gasteiger partial charge is 0.353 e. The summed E-state index contributed by atoms with van der Waals surface area (Å²) in [4.78, 5) is 17.3. The molecule has 2 aliphatic rings. The number of nitrogens with zero attached hydrogens (tertiary/aromatic N) is 1. The molecule has 1 amide bonds. The Labute approximate surface area is 205 Å². The Hall–Kier alpha value is -2.36. The number of rotatable bonds is 4. The highest BCUT2D eigenvalue weighted by molar-refractivity contribution is 6.31. The molecule has 0 radical (unpaired) electrons. The molecular formula is C28H28Cl2N2O. The van der Waals surface area contributed by atoms with Crippen molar-refractivity contribution in [1.82, 2.24) is 10.3 Å². The van der Waals surface area contributed by atoms with Gasteiger partial charge in [-0.05, 0) is 90.6 Å². The van der Waals surface area contributed by atoms with Gasteiger partial charge in [-0.1, -0.05) is 54.4 Å². The highest BCUT2D eigenvalue weighted by Gasteiger charge is 2.59. The van der Waals surface area contributed by atoms with Crippen LogP contribution in [0, 0.1) is 11.3 Å². The molecule has 5 atom stereocenters. The van der Waals surface area contributed by atoms with Gasteiger partial charge >= 0.3 is 0 Å². The lowest BCUT2D eigenvalue weighted by Gasteiger charge is -2.47. The minimum atomic E-state index is -0.330. The Morgan fingerprint density at radius 1 is 1.03 bits per heavy atom. The summed E-state index contributed by atoms with van der Waals surface area (Å²) in [5.74, 6) is 0.809. The van der Waals surface area contributed by atoms with Crippen LogP contribution in [0.25, 0.3) is 11.1 Å². The van der Waals surface area contributed by atoms with Crippen LogP contribution in [-0.4, -0.2) is 16.9 Å². The molecule has 5 rings (SSSR count). The molecule has 2 aromatic carbocycles. The van der Waals surface area contributed by atoms with Crippen molar-refractivity contribution in [3.05, 3.63) is 88.2 Å². The number of nitrogens with one attached hydrogen (secondary N) is 1. The van der Waals surface area contributed by atoms with Crippen molar-refractivity contribution in [2.45, 2.75) is 51.0 Å². The lowest BCUT2D eigenvalue weighted by molar-refractivity contribution is -0.131. The van der Waals surface area contributed by atoms with Crippen LogP contribution in [0.1, 0.15) is 56.1 Å². The average molecular weight is 479 g/mol. The Morgan fingerprint density at radius 2 is 1.76 bits per heavy atom. The molecule has 0 bridgehead atoms. The fraction of sp³-hybridized carbons (Fsp3) is 0.357. The zero-order chi connectivity index (χ0) is 23.2. The van der Waals surface area contributed by atoms with Gasteiger partial charge in [0.05, 0.1) is 5.41 Å². The van der Waals surface area contributed by atoms with Crippen molar-refractivity contribution in [2.24, 2.45) is 11.3 Å². The van der Waals surface area contributed by atoms with E-state index in [-0.39, 0.29) is 35.1 Å². The summed E-state index contributed by atoms with van der Waals surface area (Å²) in [5, 5.41) is 4.78. The van der Waals surface area contributed by atoms with Crippen molar-refractivity contribution in [1.29, 1.82) is 0 Å². The Bertz CT molecular complexity index is 1160. The summed E-state index contributed by atoms with van der Waals surface area (Å²) >= 11 is 13.2. The number of hydrogen-bond acceptors (Lipinski definition) is 2. The summed E-state index contributed by atoms with van der Waals surface area (Å²) in [5.41, 5.74) is 4.23. The Balaban J connectivity index is 1.60. The minimum absolute atomic E-state index is 0.107. The van der Waals surface area contributed by atoms with Crippen molar-refractivity contribution >= 4 is 29.1 Å². The number of aromatic nitrogens is 1. The van der Waals surface area contributed by atoms with Gasteiger partial charge in [-0.25, -0.2) is 0 Å². The molecule has 0 spiro atoms. The first-order valence-electron chi connectivity index (χ1n) is 11.7. The number of amides is 1. The van der Waals surface area contributed by atoms with Crippen molar-refractivity contribution in [3.8, 4) is 11.1 Å². The van der Waals surface area contributed by atoms with Gasteiger partial charge in [0.1, 0.15) is 0 Å². The third kappa shape index (κ3) is 3.76. The predicted molar refractivity (Wildman–Crippen MR) is 135 cm³/mol. The summed E-state index contributed by atoms with van der Waals surface area (Å²) in [7, 11) is 0. The van der Waals surface area contributed by atoms with E-state index in [2.05, 4.69) is 54.5 Å². The summed E-state index contributed by atoms with van der Waals surface area (Å²) < 4.78 is 0. The molecule has 2 heterocycles. The van der Waals surface area contributed by atoms with Crippen LogP contribution in [-0.2, 0) is 4.79 Å². The number of carbonyl (C=O) groups is 1. The smallest absolute Gasteiger partial charge is 0.226 e. The molecule has 2 fully saturated rings. The molecule has 1 aliphatic heterocycles. The maximum Gasteiger partial charge on any atom is 0.226 e. The summed E-state index contributed by atoms with van der Waals surface area (Å²) in [6.07, 6.45) is 6.24. The van der Waals surface area contributed by atoms with E-state index >= 15 is 0 Å². The zero-order valence-electron chi connectivity index (χ0n) is 18.9. The van der Waals surface area contributed by atoms with E-state index in [4.69, 9.17) is 23.2 Å². The predicted octanol–water partition coefficient (Wildman–Crippen LogP) is 7.25. The monoisotopic (exact) mass is 478 g/mol. The van der Waals surface area contributed by atoms with Crippen LogP contribution < -0.4 is 5.32 Å². The van der Waals surface area contributed by atoms with Crippen molar-refractivity contribution in [3.63, 3.8) is 0 Å². The molecular weight excluding hydrogens is 451 g/mol. The fourth-order valence-corrected chi connectivity index (χ4v) is 6.89. The van der Waals surface area contributed by atoms with Crippen LogP contribution in [0.3, 0.4) is 0 Å². The van der Waals surface area contributed by atoms with Crippen molar-refractivity contribution in [2.75, 3.05) is 0 Å². The maximum atomic E-state index is 13.2. The molecule has 3 aromatic rings. The molecule has 170 valence electrons. The van der Waals surface area contributed by atoms with Crippen LogP contribution in [0.5, 0.6) is 0 Å². The summed E-state index contributed by atoms with van der Waals surface area (Å²) in [6.45, 7) is 4.31. The van der Waals surface area contributed by atoms with Gasteiger partial charge in [0.25, 0.3) is 0 Å². The van der Waals surface area contributed by atoms with E-state index < -0.39 is 0 Å². The first kappa shape index (κ1) is 22.4. The van der Waals surface area contributed by atoms with Crippen LogP contribution in [0.4, 0.5) is 0 Å². The molecule has 33 heavy (non-hydrogen) atoms. The van der Waals surface area contributed by atoms with Gasteiger partial charge in [0, 0.05) is 34.4 Å². The lowest BCUT2D eigenvalue weighted by atomic mass is 9.54. The van der Waals surface area contributed by atoms with E-state index in [9.17, 15) is 4.79 Å². The number of halogens is 2. The van der Waals surface area contributed by atoms with E-state index in [1.54, 1.807) is 12.4 Å². The molecule has 1 saturated heterocycles. The normalized spacial score (nSPS) is 28.9. The lowest BCUT2D eigenvalue weighted by Crippen LogP contribution is -2.43. The highest BCUT2D eigenvalue weighted by atomic mass is 35.5. The first-order valence-corrected chi connectivity index (χ1v) is 12.5. The van der Waals surface area contributed by atoms with E-state index in [1.165, 1.54) is 5.56 Å². The molecule has 1 saturated carbocycles. The van der Waals surface area contributed by atoms with Crippen molar-refractivity contribution < 1.29 is 4.79 Å².